The predicted molar refractivity (Wildman–Crippen MR) is 124 cm³/mol. The van der Waals surface area contributed by atoms with Gasteiger partial charge in [0, 0.05) is 36.8 Å². The van der Waals surface area contributed by atoms with Crippen LogP contribution in [0.25, 0.3) is 0 Å². The zero-order chi connectivity index (χ0) is 21.7. The van der Waals surface area contributed by atoms with Crippen molar-refractivity contribution in [2.24, 2.45) is 0 Å². The van der Waals surface area contributed by atoms with Crippen LogP contribution in [-0.4, -0.2) is 60.1 Å². The first-order valence-electron chi connectivity index (χ1n) is 10.4. The number of aryl methyl sites for hydroxylation is 3. The third-order valence-corrected chi connectivity index (χ3v) is 6.81. The van der Waals surface area contributed by atoms with Gasteiger partial charge in [0.05, 0.1) is 12.3 Å². The van der Waals surface area contributed by atoms with Crippen LogP contribution in [0.15, 0.2) is 41.3 Å². The van der Waals surface area contributed by atoms with E-state index < -0.39 is 0 Å². The smallest absolute Gasteiger partial charge is 0.238 e. The molecule has 0 aliphatic carbocycles. The van der Waals surface area contributed by atoms with E-state index in [-0.39, 0.29) is 11.8 Å². The molecule has 1 aliphatic rings. The highest BCUT2D eigenvalue weighted by Gasteiger charge is 2.22. The molecule has 3 rings (SSSR count). The van der Waals surface area contributed by atoms with Gasteiger partial charge in [0.1, 0.15) is 0 Å². The van der Waals surface area contributed by atoms with E-state index in [0.717, 1.165) is 24.3 Å². The maximum absolute atomic E-state index is 12.6. The van der Waals surface area contributed by atoms with Crippen LogP contribution >= 0.6 is 11.8 Å². The number of piperazine rings is 1. The van der Waals surface area contributed by atoms with E-state index in [9.17, 15) is 9.59 Å². The van der Waals surface area contributed by atoms with Gasteiger partial charge in [-0.3, -0.25) is 14.5 Å². The maximum atomic E-state index is 12.6. The summed E-state index contributed by atoms with van der Waals surface area (Å²) in [4.78, 5) is 30.3. The van der Waals surface area contributed by atoms with Crippen LogP contribution in [-0.2, 0) is 9.59 Å². The van der Waals surface area contributed by atoms with Gasteiger partial charge in [0.15, 0.2) is 0 Å². The highest BCUT2D eigenvalue weighted by Crippen LogP contribution is 2.24. The summed E-state index contributed by atoms with van der Waals surface area (Å²) in [5.41, 5.74) is 5.56. The predicted octanol–water partition coefficient (Wildman–Crippen LogP) is 3.80. The number of anilines is 1. The third-order valence-electron chi connectivity index (χ3n) is 5.67. The molecule has 2 aromatic carbocycles. The molecular weight excluding hydrogens is 394 g/mol. The number of carbonyl (C=O) groups excluding carboxylic acids is 2. The number of nitrogens with zero attached hydrogens (tertiary/aromatic N) is 2. The first-order valence-corrected chi connectivity index (χ1v) is 11.4. The zero-order valence-electron chi connectivity index (χ0n) is 18.3. The molecule has 0 atom stereocenters. The fourth-order valence-corrected chi connectivity index (χ4v) is 4.55. The number of hydrogen-bond donors (Lipinski definition) is 1. The number of benzene rings is 2. The Bertz CT molecular complexity index is 921. The van der Waals surface area contributed by atoms with Crippen molar-refractivity contribution in [1.82, 2.24) is 9.80 Å². The van der Waals surface area contributed by atoms with Gasteiger partial charge >= 0.3 is 0 Å². The summed E-state index contributed by atoms with van der Waals surface area (Å²) in [7, 11) is 0. The van der Waals surface area contributed by atoms with E-state index >= 15 is 0 Å². The molecule has 0 saturated carbocycles. The summed E-state index contributed by atoms with van der Waals surface area (Å²) in [6, 6.07) is 12.3. The lowest BCUT2D eigenvalue weighted by atomic mass is 10.1. The van der Waals surface area contributed by atoms with Crippen molar-refractivity contribution < 1.29 is 9.59 Å². The molecule has 5 nitrogen and oxygen atoms in total. The molecule has 30 heavy (non-hydrogen) atoms. The highest BCUT2D eigenvalue weighted by atomic mass is 32.2. The third kappa shape index (κ3) is 5.86. The Kier molecular flexibility index (Phi) is 7.56. The molecule has 2 amide bonds. The van der Waals surface area contributed by atoms with Crippen molar-refractivity contribution in [2.75, 3.05) is 43.8 Å². The number of nitrogens with one attached hydrogen (secondary N) is 1. The molecule has 1 heterocycles. The van der Waals surface area contributed by atoms with Gasteiger partial charge in [-0.1, -0.05) is 29.8 Å². The van der Waals surface area contributed by atoms with Gasteiger partial charge in [-0.05, 0) is 56.5 Å². The lowest BCUT2D eigenvalue weighted by Gasteiger charge is -2.34. The Morgan fingerprint density at radius 1 is 0.967 bits per heavy atom. The van der Waals surface area contributed by atoms with E-state index in [0.29, 0.717) is 25.4 Å². The lowest BCUT2D eigenvalue weighted by Crippen LogP contribution is -2.50. The number of thioether (sulfide) groups is 1. The largest absolute Gasteiger partial charge is 0.339 e. The minimum absolute atomic E-state index is 0.00560. The van der Waals surface area contributed by atoms with Crippen LogP contribution in [0, 0.1) is 27.7 Å². The first-order chi connectivity index (χ1) is 14.3. The summed E-state index contributed by atoms with van der Waals surface area (Å²) in [6.07, 6.45) is 0. The average molecular weight is 426 g/mol. The second-order valence-electron chi connectivity index (χ2n) is 8.01. The van der Waals surface area contributed by atoms with Gasteiger partial charge in [0.2, 0.25) is 11.8 Å². The summed E-state index contributed by atoms with van der Waals surface area (Å²) >= 11 is 1.61. The average Bonchev–Trinajstić information content (AvgIpc) is 2.72. The van der Waals surface area contributed by atoms with Crippen molar-refractivity contribution in [3.8, 4) is 0 Å². The molecule has 160 valence electrons. The topological polar surface area (TPSA) is 52.7 Å². The minimum atomic E-state index is -0.00560. The molecule has 6 heteroatoms. The Labute approximate surface area is 183 Å². The van der Waals surface area contributed by atoms with E-state index in [2.05, 4.69) is 42.3 Å². The second-order valence-corrected chi connectivity index (χ2v) is 9.03. The molecule has 1 saturated heterocycles. The Morgan fingerprint density at radius 2 is 1.70 bits per heavy atom. The van der Waals surface area contributed by atoms with Crippen molar-refractivity contribution in [3.05, 3.63) is 58.7 Å². The van der Waals surface area contributed by atoms with Crippen LogP contribution in [0.5, 0.6) is 0 Å². The van der Waals surface area contributed by atoms with E-state index in [1.165, 1.54) is 21.6 Å². The lowest BCUT2D eigenvalue weighted by molar-refractivity contribution is -0.130. The molecule has 0 radical (unpaired) electrons. The first kappa shape index (κ1) is 22.4. The number of hydrogen-bond acceptors (Lipinski definition) is 4. The van der Waals surface area contributed by atoms with Crippen LogP contribution in [0.3, 0.4) is 0 Å². The molecule has 0 bridgehead atoms. The zero-order valence-corrected chi connectivity index (χ0v) is 19.1. The minimum Gasteiger partial charge on any atom is -0.339 e. The van der Waals surface area contributed by atoms with E-state index in [1.807, 2.05) is 36.9 Å². The molecule has 0 unspecified atom stereocenters. The van der Waals surface area contributed by atoms with Gasteiger partial charge in [0.25, 0.3) is 0 Å². The van der Waals surface area contributed by atoms with Crippen molar-refractivity contribution in [1.29, 1.82) is 0 Å². The number of carbonyl (C=O) groups is 2. The molecule has 0 aromatic heterocycles. The summed E-state index contributed by atoms with van der Waals surface area (Å²) < 4.78 is 0. The highest BCUT2D eigenvalue weighted by molar-refractivity contribution is 8.00. The van der Waals surface area contributed by atoms with Crippen LogP contribution in [0.4, 0.5) is 5.69 Å². The van der Waals surface area contributed by atoms with Crippen molar-refractivity contribution in [3.63, 3.8) is 0 Å². The maximum Gasteiger partial charge on any atom is 0.238 e. The Hall–Kier alpha value is -2.31. The quantitative estimate of drug-likeness (QED) is 0.716. The van der Waals surface area contributed by atoms with E-state index in [4.69, 9.17) is 0 Å². The van der Waals surface area contributed by atoms with E-state index in [1.54, 1.807) is 11.8 Å². The molecule has 1 aliphatic heterocycles. The van der Waals surface area contributed by atoms with Crippen LogP contribution < -0.4 is 5.32 Å². The van der Waals surface area contributed by atoms with Crippen LogP contribution in [0.2, 0.25) is 0 Å². The normalized spacial score (nSPS) is 14.6. The van der Waals surface area contributed by atoms with Gasteiger partial charge in [-0.25, -0.2) is 0 Å². The van der Waals surface area contributed by atoms with Gasteiger partial charge in [-0.2, -0.15) is 0 Å². The Morgan fingerprint density at radius 3 is 2.43 bits per heavy atom. The summed E-state index contributed by atoms with van der Waals surface area (Å²) in [5.74, 6) is 0.617. The SMILES string of the molecule is Cc1ccc(C)c(SCC(=O)N2CCN(CC(=O)Nc3cccc(C)c3C)CC2)c1. The number of amides is 2. The van der Waals surface area contributed by atoms with Crippen LogP contribution in [0.1, 0.15) is 22.3 Å². The fraction of sp³-hybridized carbons (Fsp3) is 0.417. The number of rotatable bonds is 6. The monoisotopic (exact) mass is 425 g/mol. The summed E-state index contributed by atoms with van der Waals surface area (Å²) in [6.45, 7) is 11.3. The molecule has 0 spiro atoms. The molecule has 1 fully saturated rings. The molecule has 1 N–H and O–H groups in total. The second kappa shape index (κ2) is 10.1. The van der Waals surface area contributed by atoms with Crippen molar-refractivity contribution in [2.45, 2.75) is 32.6 Å². The Balaban J connectivity index is 1.44. The van der Waals surface area contributed by atoms with Gasteiger partial charge < -0.3 is 10.2 Å². The van der Waals surface area contributed by atoms with Crippen molar-refractivity contribution >= 4 is 29.3 Å². The van der Waals surface area contributed by atoms with Gasteiger partial charge in [-0.15, -0.1) is 11.8 Å². The summed E-state index contributed by atoms with van der Waals surface area (Å²) in [5, 5.41) is 3.02. The molecule has 2 aromatic rings. The fourth-order valence-electron chi connectivity index (χ4n) is 3.53. The standard InChI is InChI=1S/C24H31N3O2S/c1-17-8-9-19(3)22(14-17)30-16-24(29)27-12-10-26(11-13-27)15-23(28)25-21-7-5-6-18(2)20(21)4/h5-9,14H,10-13,15-16H2,1-4H3,(H,25,28). The molecular formula is C24H31N3O2S.